The lowest BCUT2D eigenvalue weighted by Crippen LogP contribution is -2.51. The number of nitrogens with one attached hydrogen (secondary N) is 1. The molecular weight excluding hydrogens is 382 g/mol. The second kappa shape index (κ2) is 8.48. The molecule has 154 valence electrons. The van der Waals surface area contributed by atoms with Gasteiger partial charge in [-0.15, -0.1) is 0 Å². The number of amides is 1. The van der Waals surface area contributed by atoms with E-state index in [0.29, 0.717) is 43.7 Å². The van der Waals surface area contributed by atoms with E-state index in [4.69, 9.17) is 9.57 Å². The number of rotatable bonds is 7. The van der Waals surface area contributed by atoms with E-state index >= 15 is 0 Å². The number of methoxy groups -OCH3 is 1. The topological polar surface area (TPSA) is 97.3 Å². The van der Waals surface area contributed by atoms with Crippen molar-refractivity contribution in [2.75, 3.05) is 31.3 Å². The number of unbranched alkanes of at least 4 members (excludes halogenated alkanes) is 1. The molecule has 2 aliphatic rings. The van der Waals surface area contributed by atoms with Crippen LogP contribution in [0.4, 0.5) is 5.69 Å². The van der Waals surface area contributed by atoms with E-state index in [0.717, 1.165) is 6.42 Å². The summed E-state index contributed by atoms with van der Waals surface area (Å²) in [4.78, 5) is 18.2. The fourth-order valence-electron chi connectivity index (χ4n) is 3.49. The zero-order valence-corrected chi connectivity index (χ0v) is 17.1. The van der Waals surface area contributed by atoms with Crippen LogP contribution in [0.15, 0.2) is 29.4 Å². The van der Waals surface area contributed by atoms with Gasteiger partial charge in [0.25, 0.3) is 5.91 Å². The second-order valence-corrected chi connectivity index (χ2v) is 9.37. The standard InChI is InChI=1S/C19H27N3O5S/c1-3-4-12-28(24,25)22-11-5-10-19(14-22)13-17(21-27-19)18(23)20-15-6-8-16(26-2)9-7-15/h6-9H,3-5,10-14H2,1-2H3,(H,20,23)/t19-/m1/s1. The molecule has 2 heterocycles. The molecule has 1 amide bonds. The van der Waals surface area contributed by atoms with Crippen molar-refractivity contribution >= 4 is 27.3 Å². The Hall–Kier alpha value is -2.13. The lowest BCUT2D eigenvalue weighted by atomic mass is 9.89. The van der Waals surface area contributed by atoms with Crippen LogP contribution in [0.5, 0.6) is 5.75 Å². The quantitative estimate of drug-likeness (QED) is 0.746. The number of piperidine rings is 1. The van der Waals surface area contributed by atoms with Crippen molar-refractivity contribution in [3.63, 3.8) is 0 Å². The van der Waals surface area contributed by atoms with Crippen LogP contribution in [-0.2, 0) is 19.7 Å². The van der Waals surface area contributed by atoms with E-state index in [-0.39, 0.29) is 23.9 Å². The molecule has 0 radical (unpaired) electrons. The number of carbonyl (C=O) groups is 1. The predicted molar refractivity (Wildman–Crippen MR) is 107 cm³/mol. The molecule has 0 bridgehead atoms. The Morgan fingerprint density at radius 2 is 2.11 bits per heavy atom. The van der Waals surface area contributed by atoms with Crippen molar-refractivity contribution in [3.8, 4) is 5.75 Å². The molecule has 0 unspecified atom stereocenters. The van der Waals surface area contributed by atoms with Crippen molar-refractivity contribution in [1.29, 1.82) is 0 Å². The number of anilines is 1. The summed E-state index contributed by atoms with van der Waals surface area (Å²) in [7, 11) is -1.73. The van der Waals surface area contributed by atoms with Gasteiger partial charge in [0.2, 0.25) is 10.0 Å². The van der Waals surface area contributed by atoms with Gasteiger partial charge in [0.05, 0.1) is 19.4 Å². The van der Waals surface area contributed by atoms with Crippen molar-refractivity contribution < 1.29 is 22.8 Å². The number of benzene rings is 1. The molecule has 1 spiro atoms. The van der Waals surface area contributed by atoms with E-state index in [9.17, 15) is 13.2 Å². The maximum atomic E-state index is 12.5. The zero-order valence-electron chi connectivity index (χ0n) is 16.3. The molecule has 1 N–H and O–H groups in total. The minimum absolute atomic E-state index is 0.144. The number of hydrogen-bond donors (Lipinski definition) is 1. The van der Waals surface area contributed by atoms with E-state index in [1.165, 1.54) is 4.31 Å². The molecular formula is C19H27N3O5S. The third-order valence-corrected chi connectivity index (χ3v) is 7.01. The van der Waals surface area contributed by atoms with E-state index < -0.39 is 15.6 Å². The summed E-state index contributed by atoms with van der Waals surface area (Å²) in [6.45, 7) is 2.70. The Morgan fingerprint density at radius 1 is 1.36 bits per heavy atom. The van der Waals surface area contributed by atoms with E-state index in [1.807, 2.05) is 6.92 Å². The van der Waals surface area contributed by atoms with Crippen LogP contribution < -0.4 is 10.1 Å². The van der Waals surface area contributed by atoms with E-state index in [2.05, 4.69) is 10.5 Å². The van der Waals surface area contributed by atoms with Crippen molar-refractivity contribution in [3.05, 3.63) is 24.3 Å². The summed E-state index contributed by atoms with van der Waals surface area (Å²) in [5.74, 6) is 0.503. The maximum absolute atomic E-state index is 12.5. The minimum Gasteiger partial charge on any atom is -0.497 e. The molecule has 0 aromatic heterocycles. The average Bonchev–Trinajstić information content (AvgIpc) is 3.10. The molecule has 1 atom stereocenters. The molecule has 2 aliphatic heterocycles. The first-order valence-electron chi connectivity index (χ1n) is 9.56. The number of nitrogens with zero attached hydrogens (tertiary/aromatic N) is 2. The zero-order chi connectivity index (χ0) is 20.2. The molecule has 1 aromatic carbocycles. The summed E-state index contributed by atoms with van der Waals surface area (Å²) in [6.07, 6.45) is 3.13. The van der Waals surface area contributed by atoms with Crippen LogP contribution >= 0.6 is 0 Å². The number of carbonyl (C=O) groups excluding carboxylic acids is 1. The molecule has 28 heavy (non-hydrogen) atoms. The largest absolute Gasteiger partial charge is 0.497 e. The van der Waals surface area contributed by atoms with Gasteiger partial charge in [-0.3, -0.25) is 4.79 Å². The third kappa shape index (κ3) is 4.64. The lowest BCUT2D eigenvalue weighted by Gasteiger charge is -2.37. The summed E-state index contributed by atoms with van der Waals surface area (Å²) >= 11 is 0. The number of oxime groups is 1. The summed E-state index contributed by atoms with van der Waals surface area (Å²) in [6, 6.07) is 6.99. The molecule has 3 rings (SSSR count). The van der Waals surface area contributed by atoms with Gasteiger partial charge in [-0.2, -0.15) is 4.31 Å². The fraction of sp³-hybridized carbons (Fsp3) is 0.579. The summed E-state index contributed by atoms with van der Waals surface area (Å²) in [5.41, 5.74) is 0.162. The number of hydrogen-bond acceptors (Lipinski definition) is 6. The normalized spacial score (nSPS) is 22.6. The molecule has 9 heteroatoms. The highest BCUT2D eigenvalue weighted by molar-refractivity contribution is 7.89. The van der Waals surface area contributed by atoms with Crippen LogP contribution in [0.2, 0.25) is 0 Å². The fourth-order valence-corrected chi connectivity index (χ4v) is 5.24. The smallest absolute Gasteiger partial charge is 0.273 e. The first-order chi connectivity index (χ1) is 13.4. The second-order valence-electron chi connectivity index (χ2n) is 7.28. The summed E-state index contributed by atoms with van der Waals surface area (Å²) < 4.78 is 31.7. The number of sulfonamides is 1. The first kappa shape index (κ1) is 20.6. The van der Waals surface area contributed by atoms with Gasteiger partial charge in [-0.1, -0.05) is 18.5 Å². The van der Waals surface area contributed by atoms with Crippen LogP contribution in [0.1, 0.15) is 39.0 Å². The maximum Gasteiger partial charge on any atom is 0.273 e. The van der Waals surface area contributed by atoms with Gasteiger partial charge in [0, 0.05) is 18.7 Å². The van der Waals surface area contributed by atoms with Crippen LogP contribution in [-0.4, -0.2) is 55.9 Å². The predicted octanol–water partition coefficient (Wildman–Crippen LogP) is 2.37. The molecule has 0 saturated carbocycles. The number of ether oxygens (including phenoxy) is 1. The highest BCUT2D eigenvalue weighted by Crippen LogP contribution is 2.35. The Bertz CT molecular complexity index is 838. The first-order valence-corrected chi connectivity index (χ1v) is 11.2. The Morgan fingerprint density at radius 3 is 2.79 bits per heavy atom. The van der Waals surface area contributed by atoms with Crippen molar-refractivity contribution in [2.24, 2.45) is 5.16 Å². The SMILES string of the molecule is CCCCS(=O)(=O)N1CCC[C@@]2(CC(C(=O)Nc3ccc(OC)cc3)=NO2)C1. The average molecular weight is 410 g/mol. The lowest BCUT2D eigenvalue weighted by molar-refractivity contribution is -0.110. The Labute approximate surface area is 165 Å². The summed E-state index contributed by atoms with van der Waals surface area (Å²) in [5, 5.41) is 6.77. The Kier molecular flexibility index (Phi) is 6.24. The highest BCUT2D eigenvalue weighted by atomic mass is 32.2. The van der Waals surface area contributed by atoms with Crippen LogP contribution in [0, 0.1) is 0 Å². The van der Waals surface area contributed by atoms with Gasteiger partial charge >= 0.3 is 0 Å². The van der Waals surface area contributed by atoms with Crippen LogP contribution in [0.3, 0.4) is 0 Å². The van der Waals surface area contributed by atoms with Gasteiger partial charge in [0.15, 0.2) is 5.60 Å². The highest BCUT2D eigenvalue weighted by Gasteiger charge is 2.46. The molecule has 1 saturated heterocycles. The molecule has 8 nitrogen and oxygen atoms in total. The van der Waals surface area contributed by atoms with Gasteiger partial charge < -0.3 is 14.9 Å². The van der Waals surface area contributed by atoms with E-state index in [1.54, 1.807) is 31.4 Å². The molecule has 1 aromatic rings. The third-order valence-electron chi connectivity index (χ3n) is 5.10. The molecule has 1 fully saturated rings. The van der Waals surface area contributed by atoms with Gasteiger partial charge in [0.1, 0.15) is 11.5 Å². The van der Waals surface area contributed by atoms with Crippen LogP contribution in [0.25, 0.3) is 0 Å². The monoisotopic (exact) mass is 409 g/mol. The van der Waals surface area contributed by atoms with Crippen molar-refractivity contribution in [1.82, 2.24) is 4.31 Å². The van der Waals surface area contributed by atoms with Crippen molar-refractivity contribution in [2.45, 2.75) is 44.6 Å². The van der Waals surface area contributed by atoms with Gasteiger partial charge in [-0.05, 0) is 43.5 Å². The van der Waals surface area contributed by atoms with Gasteiger partial charge in [-0.25, -0.2) is 8.42 Å². The molecule has 0 aliphatic carbocycles. The Balaban J connectivity index is 1.61. The minimum atomic E-state index is -3.31.